The highest BCUT2D eigenvalue weighted by Gasteiger charge is 2.38. The Morgan fingerprint density at radius 3 is 3.00 bits per heavy atom. The van der Waals surface area contributed by atoms with Crippen LogP contribution in [0.5, 0.6) is 0 Å². The van der Waals surface area contributed by atoms with Crippen LogP contribution in [-0.2, 0) is 10.2 Å². The molecule has 1 amide bonds. The van der Waals surface area contributed by atoms with E-state index in [0.717, 1.165) is 5.56 Å². The van der Waals surface area contributed by atoms with E-state index in [4.69, 9.17) is 5.73 Å². The average Bonchev–Trinajstić information content (AvgIpc) is 2.63. The van der Waals surface area contributed by atoms with Gasteiger partial charge in [-0.25, -0.2) is 0 Å². The van der Waals surface area contributed by atoms with Gasteiger partial charge in [0, 0.05) is 37.3 Å². The van der Waals surface area contributed by atoms with Gasteiger partial charge in [0.15, 0.2) is 0 Å². The molecular formula is C10H13N3O. The lowest BCUT2D eigenvalue weighted by atomic mass is 9.80. The number of hydrogen-bond donors (Lipinski definition) is 2. The standard InChI is InChI=1S/C10H13N3O/c11-6-10(4-9(14)13-7-10)8-2-1-3-12-5-8/h1-3,5H,4,6-7,11H2,(H,13,14). The number of carbonyl (C=O) groups excluding carboxylic acids is 1. The molecule has 0 saturated carbocycles. The van der Waals surface area contributed by atoms with Crippen LogP contribution >= 0.6 is 0 Å². The molecule has 1 aliphatic rings. The van der Waals surface area contributed by atoms with Gasteiger partial charge in [-0.3, -0.25) is 9.78 Å². The lowest BCUT2D eigenvalue weighted by Crippen LogP contribution is -2.37. The van der Waals surface area contributed by atoms with Crippen molar-refractivity contribution in [3.63, 3.8) is 0 Å². The first kappa shape index (κ1) is 9.15. The number of carbonyl (C=O) groups is 1. The summed E-state index contributed by atoms with van der Waals surface area (Å²) < 4.78 is 0. The predicted octanol–water partition coefficient (Wildman–Crippen LogP) is -0.202. The van der Waals surface area contributed by atoms with Gasteiger partial charge in [0.05, 0.1) is 0 Å². The van der Waals surface area contributed by atoms with Crippen LogP contribution < -0.4 is 11.1 Å². The third kappa shape index (κ3) is 1.37. The zero-order valence-electron chi connectivity index (χ0n) is 7.86. The largest absolute Gasteiger partial charge is 0.355 e. The van der Waals surface area contributed by atoms with Crippen LogP contribution in [0.4, 0.5) is 0 Å². The summed E-state index contributed by atoms with van der Waals surface area (Å²) >= 11 is 0. The van der Waals surface area contributed by atoms with E-state index in [-0.39, 0.29) is 11.3 Å². The van der Waals surface area contributed by atoms with Gasteiger partial charge in [0.1, 0.15) is 0 Å². The lowest BCUT2D eigenvalue weighted by molar-refractivity contribution is -0.119. The molecule has 2 heterocycles. The number of rotatable bonds is 2. The Morgan fingerprint density at radius 2 is 2.50 bits per heavy atom. The Bertz CT molecular complexity index is 338. The number of nitrogens with zero attached hydrogens (tertiary/aromatic N) is 1. The average molecular weight is 191 g/mol. The fourth-order valence-electron chi connectivity index (χ4n) is 1.84. The minimum absolute atomic E-state index is 0.0688. The van der Waals surface area contributed by atoms with E-state index in [1.807, 2.05) is 12.1 Å². The van der Waals surface area contributed by atoms with E-state index in [1.165, 1.54) is 0 Å². The first-order valence-electron chi connectivity index (χ1n) is 4.64. The van der Waals surface area contributed by atoms with Gasteiger partial charge in [0.25, 0.3) is 0 Å². The van der Waals surface area contributed by atoms with Crippen molar-refractivity contribution in [2.45, 2.75) is 11.8 Å². The minimum Gasteiger partial charge on any atom is -0.355 e. The van der Waals surface area contributed by atoms with E-state index in [0.29, 0.717) is 19.5 Å². The van der Waals surface area contributed by atoms with E-state index >= 15 is 0 Å². The van der Waals surface area contributed by atoms with Crippen LogP contribution in [0, 0.1) is 0 Å². The van der Waals surface area contributed by atoms with Crippen LogP contribution in [0.3, 0.4) is 0 Å². The summed E-state index contributed by atoms with van der Waals surface area (Å²) in [6.45, 7) is 1.09. The smallest absolute Gasteiger partial charge is 0.221 e. The molecule has 2 rings (SSSR count). The van der Waals surface area contributed by atoms with Crippen molar-refractivity contribution >= 4 is 5.91 Å². The topological polar surface area (TPSA) is 68.0 Å². The van der Waals surface area contributed by atoms with Gasteiger partial charge in [-0.15, -0.1) is 0 Å². The minimum atomic E-state index is -0.245. The van der Waals surface area contributed by atoms with Crippen molar-refractivity contribution < 1.29 is 4.79 Å². The van der Waals surface area contributed by atoms with E-state index in [9.17, 15) is 4.79 Å². The molecule has 1 unspecified atom stereocenters. The highest BCUT2D eigenvalue weighted by atomic mass is 16.1. The van der Waals surface area contributed by atoms with Gasteiger partial charge in [0.2, 0.25) is 5.91 Å². The predicted molar refractivity (Wildman–Crippen MR) is 52.6 cm³/mol. The first-order chi connectivity index (χ1) is 6.77. The van der Waals surface area contributed by atoms with Crippen molar-refractivity contribution in [3.05, 3.63) is 30.1 Å². The van der Waals surface area contributed by atoms with Gasteiger partial charge in [-0.1, -0.05) is 6.07 Å². The monoisotopic (exact) mass is 191 g/mol. The Morgan fingerprint density at radius 1 is 1.64 bits per heavy atom. The maximum Gasteiger partial charge on any atom is 0.221 e. The molecule has 74 valence electrons. The van der Waals surface area contributed by atoms with Gasteiger partial charge >= 0.3 is 0 Å². The van der Waals surface area contributed by atoms with Crippen molar-refractivity contribution in [3.8, 4) is 0 Å². The van der Waals surface area contributed by atoms with Crippen LogP contribution in [0.15, 0.2) is 24.5 Å². The Kier molecular flexibility index (Phi) is 2.21. The number of aromatic nitrogens is 1. The number of pyridine rings is 1. The maximum atomic E-state index is 11.2. The highest BCUT2D eigenvalue weighted by molar-refractivity contribution is 5.80. The van der Waals surface area contributed by atoms with Crippen LogP contribution in [0.25, 0.3) is 0 Å². The molecule has 1 atom stereocenters. The molecule has 1 fully saturated rings. The summed E-state index contributed by atoms with van der Waals surface area (Å²) in [5.41, 5.74) is 6.54. The van der Waals surface area contributed by atoms with E-state index in [1.54, 1.807) is 12.4 Å². The maximum absolute atomic E-state index is 11.2. The Balaban J connectivity index is 2.34. The molecule has 0 radical (unpaired) electrons. The number of nitrogens with two attached hydrogens (primary N) is 1. The Labute approximate surface area is 82.5 Å². The summed E-state index contributed by atoms with van der Waals surface area (Å²) in [5, 5.41) is 2.81. The molecule has 3 N–H and O–H groups in total. The number of amides is 1. The molecular weight excluding hydrogens is 178 g/mol. The van der Waals surface area contributed by atoms with Crippen molar-refractivity contribution in [1.82, 2.24) is 10.3 Å². The molecule has 1 aliphatic heterocycles. The number of hydrogen-bond acceptors (Lipinski definition) is 3. The van der Waals surface area contributed by atoms with Crippen LogP contribution in [0.1, 0.15) is 12.0 Å². The second kappa shape index (κ2) is 3.38. The summed E-state index contributed by atoms with van der Waals surface area (Å²) in [6, 6.07) is 3.84. The van der Waals surface area contributed by atoms with Crippen molar-refractivity contribution in [2.75, 3.05) is 13.1 Å². The zero-order chi connectivity index (χ0) is 10.0. The molecule has 4 heteroatoms. The molecule has 1 aromatic heterocycles. The molecule has 4 nitrogen and oxygen atoms in total. The van der Waals surface area contributed by atoms with Crippen LogP contribution in [0.2, 0.25) is 0 Å². The van der Waals surface area contributed by atoms with E-state index < -0.39 is 0 Å². The van der Waals surface area contributed by atoms with Gasteiger partial charge in [-0.05, 0) is 11.6 Å². The fourth-order valence-corrected chi connectivity index (χ4v) is 1.84. The lowest BCUT2D eigenvalue weighted by Gasteiger charge is -2.24. The highest BCUT2D eigenvalue weighted by Crippen LogP contribution is 2.29. The molecule has 14 heavy (non-hydrogen) atoms. The molecule has 0 aliphatic carbocycles. The molecule has 1 saturated heterocycles. The third-order valence-electron chi connectivity index (χ3n) is 2.79. The zero-order valence-corrected chi connectivity index (χ0v) is 7.86. The van der Waals surface area contributed by atoms with Crippen molar-refractivity contribution in [2.24, 2.45) is 5.73 Å². The summed E-state index contributed by atoms with van der Waals surface area (Å²) in [7, 11) is 0. The summed E-state index contributed by atoms with van der Waals surface area (Å²) in [6.07, 6.45) is 3.97. The number of nitrogens with one attached hydrogen (secondary N) is 1. The third-order valence-corrected chi connectivity index (χ3v) is 2.79. The fraction of sp³-hybridized carbons (Fsp3) is 0.400. The normalized spacial score (nSPS) is 26.2. The molecule has 0 aromatic carbocycles. The summed E-state index contributed by atoms with van der Waals surface area (Å²) in [4.78, 5) is 15.3. The van der Waals surface area contributed by atoms with Crippen LogP contribution in [-0.4, -0.2) is 24.0 Å². The molecule has 1 aromatic rings. The second-order valence-electron chi connectivity index (χ2n) is 3.68. The quantitative estimate of drug-likeness (QED) is 0.680. The van der Waals surface area contributed by atoms with Gasteiger partial charge in [-0.2, -0.15) is 0 Å². The Hall–Kier alpha value is -1.42. The SMILES string of the molecule is NCC1(c2cccnc2)CNC(=O)C1. The summed E-state index contributed by atoms with van der Waals surface area (Å²) in [5.74, 6) is 0.0688. The second-order valence-corrected chi connectivity index (χ2v) is 3.68. The van der Waals surface area contributed by atoms with Crippen molar-refractivity contribution in [1.29, 1.82) is 0 Å². The first-order valence-corrected chi connectivity index (χ1v) is 4.64. The van der Waals surface area contributed by atoms with E-state index in [2.05, 4.69) is 10.3 Å². The molecule has 0 bridgehead atoms. The molecule has 0 spiro atoms. The van der Waals surface area contributed by atoms with Gasteiger partial charge < -0.3 is 11.1 Å².